The first-order chi connectivity index (χ1) is 6.27. The van der Waals surface area contributed by atoms with Gasteiger partial charge in [0.05, 0.1) is 0 Å². The monoisotopic (exact) mass is 183 g/mol. The van der Waals surface area contributed by atoms with Crippen molar-refractivity contribution in [2.24, 2.45) is 5.92 Å². The molecule has 74 valence electrons. The van der Waals surface area contributed by atoms with Crippen LogP contribution in [0.1, 0.15) is 19.3 Å². The van der Waals surface area contributed by atoms with Crippen LogP contribution >= 0.6 is 0 Å². The topological polar surface area (TPSA) is 40.5 Å². The van der Waals surface area contributed by atoms with Gasteiger partial charge in [0.25, 0.3) is 0 Å². The van der Waals surface area contributed by atoms with Crippen LogP contribution < -0.4 is 0 Å². The van der Waals surface area contributed by atoms with Gasteiger partial charge >= 0.3 is 0 Å². The largest absolute Gasteiger partial charge is 0.396 e. The molecule has 1 atom stereocenters. The Bertz CT molecular complexity index is 191. The minimum atomic E-state index is 0.191. The summed E-state index contributed by atoms with van der Waals surface area (Å²) in [6.45, 7) is 5.31. The molecule has 0 radical (unpaired) electrons. The van der Waals surface area contributed by atoms with Gasteiger partial charge in [0.2, 0.25) is 5.91 Å². The van der Waals surface area contributed by atoms with E-state index >= 15 is 0 Å². The number of hydrogen-bond acceptors (Lipinski definition) is 2. The third kappa shape index (κ3) is 2.84. The van der Waals surface area contributed by atoms with Gasteiger partial charge in [-0.25, -0.2) is 0 Å². The molecule has 1 saturated heterocycles. The van der Waals surface area contributed by atoms with E-state index in [1.54, 1.807) is 6.08 Å². The second-order valence-electron chi connectivity index (χ2n) is 3.50. The molecule has 1 heterocycles. The fourth-order valence-corrected chi connectivity index (χ4v) is 1.59. The van der Waals surface area contributed by atoms with Gasteiger partial charge in [-0.3, -0.25) is 4.79 Å². The van der Waals surface area contributed by atoms with Crippen LogP contribution in [0.25, 0.3) is 0 Å². The van der Waals surface area contributed by atoms with E-state index in [0.717, 1.165) is 25.9 Å². The second-order valence-corrected chi connectivity index (χ2v) is 3.50. The number of likely N-dealkylation sites (tertiary alicyclic amines) is 1. The lowest BCUT2D eigenvalue weighted by atomic mass is 10.1. The zero-order valence-corrected chi connectivity index (χ0v) is 7.91. The number of hydrogen-bond donors (Lipinski definition) is 1. The highest BCUT2D eigenvalue weighted by atomic mass is 16.3. The van der Waals surface area contributed by atoms with E-state index < -0.39 is 0 Å². The van der Waals surface area contributed by atoms with Crippen molar-refractivity contribution in [1.29, 1.82) is 0 Å². The highest BCUT2D eigenvalue weighted by Crippen LogP contribution is 2.16. The number of allylic oxidation sites excluding steroid dienone is 1. The van der Waals surface area contributed by atoms with E-state index in [9.17, 15) is 4.79 Å². The Kier molecular flexibility index (Phi) is 3.96. The number of nitrogens with zero attached hydrogens (tertiary/aromatic N) is 1. The molecule has 0 aromatic heterocycles. The van der Waals surface area contributed by atoms with Crippen molar-refractivity contribution in [3.05, 3.63) is 12.7 Å². The van der Waals surface area contributed by atoms with Gasteiger partial charge in [-0.15, -0.1) is 6.58 Å². The minimum Gasteiger partial charge on any atom is -0.396 e. The molecule has 3 nitrogen and oxygen atoms in total. The minimum absolute atomic E-state index is 0.191. The first kappa shape index (κ1) is 10.3. The maximum absolute atomic E-state index is 11.5. The summed E-state index contributed by atoms with van der Waals surface area (Å²) in [7, 11) is 0. The Balaban J connectivity index is 2.28. The summed E-state index contributed by atoms with van der Waals surface area (Å²) in [5.74, 6) is 0.489. The van der Waals surface area contributed by atoms with E-state index in [-0.39, 0.29) is 12.5 Å². The summed E-state index contributed by atoms with van der Waals surface area (Å²) >= 11 is 0. The van der Waals surface area contributed by atoms with Crippen LogP contribution in [-0.4, -0.2) is 35.6 Å². The van der Waals surface area contributed by atoms with Crippen molar-refractivity contribution >= 4 is 5.91 Å². The van der Waals surface area contributed by atoms with E-state index in [1.807, 2.05) is 4.90 Å². The Morgan fingerprint density at radius 2 is 2.46 bits per heavy atom. The molecule has 0 spiro atoms. The molecule has 0 aromatic rings. The van der Waals surface area contributed by atoms with Crippen LogP contribution in [0, 0.1) is 5.92 Å². The van der Waals surface area contributed by atoms with Gasteiger partial charge in [-0.2, -0.15) is 0 Å². The molecule has 1 rings (SSSR count). The lowest BCUT2D eigenvalue weighted by molar-refractivity contribution is -0.130. The molecular weight excluding hydrogens is 166 g/mol. The normalized spacial score (nSPS) is 21.9. The fourth-order valence-electron chi connectivity index (χ4n) is 1.59. The standard InChI is InChI=1S/C10H17NO2/c1-2-3-4-10(13)11-6-5-9(7-11)8-12/h2,9,12H,1,3-8H2. The number of aliphatic hydroxyl groups is 1. The predicted molar refractivity (Wildman–Crippen MR) is 51.2 cm³/mol. The maximum atomic E-state index is 11.5. The third-order valence-corrected chi connectivity index (χ3v) is 2.46. The molecule has 1 fully saturated rings. The molecule has 1 N–H and O–H groups in total. The SMILES string of the molecule is C=CCCC(=O)N1CCC(CO)C1. The molecule has 1 amide bonds. The highest BCUT2D eigenvalue weighted by Gasteiger charge is 2.24. The fraction of sp³-hybridized carbons (Fsp3) is 0.700. The molecule has 1 aliphatic rings. The molecule has 13 heavy (non-hydrogen) atoms. The van der Waals surface area contributed by atoms with E-state index in [0.29, 0.717) is 12.3 Å². The molecule has 0 aromatic carbocycles. The first-order valence-electron chi connectivity index (χ1n) is 4.77. The third-order valence-electron chi connectivity index (χ3n) is 2.46. The summed E-state index contributed by atoms with van der Waals surface area (Å²) in [5.41, 5.74) is 0. The first-order valence-corrected chi connectivity index (χ1v) is 4.77. The van der Waals surface area contributed by atoms with Crippen LogP contribution in [0.4, 0.5) is 0 Å². The molecular formula is C10H17NO2. The van der Waals surface area contributed by atoms with Crippen molar-refractivity contribution in [2.45, 2.75) is 19.3 Å². The van der Waals surface area contributed by atoms with Crippen molar-refractivity contribution in [3.63, 3.8) is 0 Å². The van der Waals surface area contributed by atoms with E-state index in [2.05, 4.69) is 6.58 Å². The van der Waals surface area contributed by atoms with Gasteiger partial charge < -0.3 is 10.0 Å². The summed E-state index contributed by atoms with van der Waals surface area (Å²) in [6.07, 6.45) is 4.01. The molecule has 0 bridgehead atoms. The van der Waals surface area contributed by atoms with Gasteiger partial charge in [0.15, 0.2) is 0 Å². The van der Waals surface area contributed by atoms with Crippen LogP contribution in [-0.2, 0) is 4.79 Å². The smallest absolute Gasteiger partial charge is 0.222 e. The number of amides is 1. The summed E-state index contributed by atoms with van der Waals surface area (Å²) in [4.78, 5) is 13.3. The zero-order chi connectivity index (χ0) is 9.68. The van der Waals surface area contributed by atoms with Crippen molar-refractivity contribution < 1.29 is 9.90 Å². The predicted octanol–water partition coefficient (Wildman–Crippen LogP) is 0.793. The summed E-state index contributed by atoms with van der Waals surface area (Å²) in [5, 5.41) is 8.89. The van der Waals surface area contributed by atoms with Crippen molar-refractivity contribution in [1.82, 2.24) is 4.90 Å². The van der Waals surface area contributed by atoms with Crippen molar-refractivity contribution in [2.75, 3.05) is 19.7 Å². The second kappa shape index (κ2) is 5.02. The van der Waals surface area contributed by atoms with Gasteiger partial charge in [-0.05, 0) is 12.8 Å². The Morgan fingerprint density at radius 3 is 3.00 bits per heavy atom. The Morgan fingerprint density at radius 1 is 1.69 bits per heavy atom. The number of aliphatic hydroxyl groups excluding tert-OH is 1. The lowest BCUT2D eigenvalue weighted by Gasteiger charge is -2.15. The lowest BCUT2D eigenvalue weighted by Crippen LogP contribution is -2.28. The average Bonchev–Trinajstić information content (AvgIpc) is 2.62. The Hall–Kier alpha value is -0.830. The zero-order valence-electron chi connectivity index (χ0n) is 7.91. The van der Waals surface area contributed by atoms with Crippen LogP contribution in [0.2, 0.25) is 0 Å². The highest BCUT2D eigenvalue weighted by molar-refractivity contribution is 5.76. The Labute approximate surface area is 79.0 Å². The molecule has 1 unspecified atom stereocenters. The molecule has 1 aliphatic heterocycles. The van der Waals surface area contributed by atoms with Gasteiger partial charge in [0.1, 0.15) is 0 Å². The molecule has 0 aliphatic carbocycles. The van der Waals surface area contributed by atoms with Crippen LogP contribution in [0.5, 0.6) is 0 Å². The average molecular weight is 183 g/mol. The maximum Gasteiger partial charge on any atom is 0.222 e. The van der Waals surface area contributed by atoms with Crippen molar-refractivity contribution in [3.8, 4) is 0 Å². The molecule has 3 heteroatoms. The van der Waals surface area contributed by atoms with Gasteiger partial charge in [0, 0.05) is 32.0 Å². The van der Waals surface area contributed by atoms with E-state index in [4.69, 9.17) is 5.11 Å². The number of carbonyl (C=O) groups excluding carboxylic acids is 1. The van der Waals surface area contributed by atoms with Gasteiger partial charge in [-0.1, -0.05) is 6.08 Å². The van der Waals surface area contributed by atoms with E-state index in [1.165, 1.54) is 0 Å². The summed E-state index contributed by atoms with van der Waals surface area (Å²) in [6, 6.07) is 0. The number of rotatable bonds is 4. The number of carbonyl (C=O) groups is 1. The summed E-state index contributed by atoms with van der Waals surface area (Å²) < 4.78 is 0. The van der Waals surface area contributed by atoms with Crippen LogP contribution in [0.15, 0.2) is 12.7 Å². The quantitative estimate of drug-likeness (QED) is 0.655. The van der Waals surface area contributed by atoms with Crippen LogP contribution in [0.3, 0.4) is 0 Å². The molecule has 0 saturated carbocycles.